The molecular formula is C12H15ClF3N3O3S. The van der Waals surface area contributed by atoms with Crippen molar-refractivity contribution in [1.29, 1.82) is 0 Å². The van der Waals surface area contributed by atoms with Gasteiger partial charge < -0.3 is 0 Å². The number of hydrazine groups is 1. The van der Waals surface area contributed by atoms with Crippen LogP contribution in [0.4, 0.5) is 13.2 Å². The van der Waals surface area contributed by atoms with Crippen LogP contribution in [0.15, 0.2) is 23.1 Å². The van der Waals surface area contributed by atoms with Crippen molar-refractivity contribution in [2.24, 2.45) is 5.84 Å². The van der Waals surface area contributed by atoms with Gasteiger partial charge in [0.05, 0.1) is 10.6 Å². The van der Waals surface area contributed by atoms with Crippen molar-refractivity contribution >= 4 is 27.5 Å². The van der Waals surface area contributed by atoms with Crippen LogP contribution in [-0.4, -0.2) is 31.2 Å². The average Bonchev–Trinajstić information content (AvgIpc) is 2.43. The summed E-state index contributed by atoms with van der Waals surface area (Å²) in [6.07, 6.45) is -4.66. The Hall–Kier alpha value is -1.36. The van der Waals surface area contributed by atoms with Crippen molar-refractivity contribution in [2.45, 2.75) is 30.5 Å². The van der Waals surface area contributed by atoms with Gasteiger partial charge in [-0.05, 0) is 32.0 Å². The third-order valence-corrected chi connectivity index (χ3v) is 5.89. The number of nitrogens with zero attached hydrogens (tertiary/aromatic N) is 1. The molecule has 0 aliphatic heterocycles. The summed E-state index contributed by atoms with van der Waals surface area (Å²) in [5, 5.41) is -0.601. The number of amides is 1. The number of rotatable bonds is 4. The highest BCUT2D eigenvalue weighted by Crippen LogP contribution is 2.35. The van der Waals surface area contributed by atoms with Crippen LogP contribution in [0.5, 0.6) is 0 Å². The molecule has 0 aliphatic rings. The first kappa shape index (κ1) is 19.7. The number of nitrogens with one attached hydrogen (secondary N) is 1. The summed E-state index contributed by atoms with van der Waals surface area (Å²) in [7, 11) is -3.23. The Morgan fingerprint density at radius 2 is 1.83 bits per heavy atom. The number of carbonyl (C=O) groups excluding carboxylic acids is 1. The minimum atomic E-state index is -4.66. The molecule has 0 saturated carbocycles. The van der Waals surface area contributed by atoms with Gasteiger partial charge in [0.25, 0.3) is 5.91 Å². The highest BCUT2D eigenvalue weighted by Gasteiger charge is 2.41. The number of hydrogen-bond donors (Lipinski definition) is 2. The zero-order valence-corrected chi connectivity index (χ0v) is 14.0. The molecule has 0 heterocycles. The Balaban J connectivity index is 3.37. The zero-order valence-electron chi connectivity index (χ0n) is 12.4. The molecule has 1 rings (SSSR count). The summed E-state index contributed by atoms with van der Waals surface area (Å²) in [4.78, 5) is 11.2. The van der Waals surface area contributed by atoms with Gasteiger partial charge in [0.2, 0.25) is 10.0 Å². The molecule has 0 atom stereocenters. The van der Waals surface area contributed by atoms with Crippen LogP contribution in [-0.2, 0) is 21.0 Å². The minimum absolute atomic E-state index is 0.512. The summed E-state index contributed by atoms with van der Waals surface area (Å²) in [6.45, 7) is 2.56. The van der Waals surface area contributed by atoms with E-state index < -0.39 is 43.1 Å². The number of sulfonamides is 1. The van der Waals surface area contributed by atoms with Crippen molar-refractivity contribution in [3.8, 4) is 0 Å². The van der Waals surface area contributed by atoms with Gasteiger partial charge in [0.15, 0.2) is 0 Å². The lowest BCUT2D eigenvalue weighted by molar-refractivity contribution is -0.137. The monoisotopic (exact) mass is 373 g/mol. The molecule has 1 aromatic rings. The van der Waals surface area contributed by atoms with Gasteiger partial charge >= 0.3 is 6.18 Å². The first-order valence-electron chi connectivity index (χ1n) is 6.13. The third-order valence-electron chi connectivity index (χ3n) is 3.37. The fourth-order valence-corrected chi connectivity index (χ4v) is 3.65. The second-order valence-corrected chi connectivity index (χ2v) is 7.49. The Kier molecular flexibility index (Phi) is 5.36. The van der Waals surface area contributed by atoms with E-state index in [-0.39, 0.29) is 0 Å². The zero-order chi connectivity index (χ0) is 18.2. The molecule has 0 bridgehead atoms. The quantitative estimate of drug-likeness (QED) is 0.477. The van der Waals surface area contributed by atoms with Crippen LogP contribution in [0.25, 0.3) is 0 Å². The third kappa shape index (κ3) is 3.77. The molecule has 0 aliphatic carbocycles. The van der Waals surface area contributed by atoms with E-state index in [1.54, 1.807) is 0 Å². The van der Waals surface area contributed by atoms with Crippen LogP contribution in [0.1, 0.15) is 19.4 Å². The van der Waals surface area contributed by atoms with E-state index in [0.717, 1.165) is 13.1 Å². The van der Waals surface area contributed by atoms with Gasteiger partial charge in [-0.2, -0.15) is 17.5 Å². The van der Waals surface area contributed by atoms with E-state index in [1.807, 2.05) is 5.43 Å². The van der Waals surface area contributed by atoms with Crippen LogP contribution in [0.3, 0.4) is 0 Å². The molecule has 0 spiro atoms. The van der Waals surface area contributed by atoms with Gasteiger partial charge in [0, 0.05) is 7.05 Å². The van der Waals surface area contributed by atoms with Gasteiger partial charge in [-0.25, -0.2) is 14.3 Å². The number of likely N-dealkylation sites (N-methyl/N-ethyl adjacent to an activating group) is 1. The van der Waals surface area contributed by atoms with E-state index in [1.165, 1.54) is 13.8 Å². The topological polar surface area (TPSA) is 92.5 Å². The van der Waals surface area contributed by atoms with E-state index in [4.69, 9.17) is 17.4 Å². The number of carbonyl (C=O) groups is 1. The lowest BCUT2D eigenvalue weighted by atomic mass is 10.1. The maximum atomic E-state index is 12.6. The van der Waals surface area contributed by atoms with Crippen molar-refractivity contribution in [3.05, 3.63) is 28.8 Å². The molecular weight excluding hydrogens is 359 g/mol. The number of alkyl halides is 3. The molecule has 1 amide bonds. The number of nitrogens with two attached hydrogens (primary N) is 1. The smallest absolute Gasteiger partial charge is 0.293 e. The van der Waals surface area contributed by atoms with Crippen LogP contribution in [0.2, 0.25) is 5.02 Å². The van der Waals surface area contributed by atoms with Crippen molar-refractivity contribution < 1.29 is 26.4 Å². The van der Waals surface area contributed by atoms with E-state index in [0.29, 0.717) is 16.4 Å². The average molecular weight is 374 g/mol. The van der Waals surface area contributed by atoms with Gasteiger partial charge in [-0.3, -0.25) is 10.2 Å². The fraction of sp³-hybridized carbons (Fsp3) is 0.417. The van der Waals surface area contributed by atoms with Gasteiger partial charge in [-0.15, -0.1) is 0 Å². The minimum Gasteiger partial charge on any atom is -0.293 e. The second kappa shape index (κ2) is 6.27. The molecule has 23 heavy (non-hydrogen) atoms. The highest BCUT2D eigenvalue weighted by atomic mass is 35.5. The van der Waals surface area contributed by atoms with Gasteiger partial charge in [0.1, 0.15) is 10.4 Å². The van der Waals surface area contributed by atoms with Gasteiger partial charge in [-0.1, -0.05) is 11.6 Å². The van der Waals surface area contributed by atoms with E-state index in [2.05, 4.69) is 0 Å². The molecule has 0 fully saturated rings. The molecule has 3 N–H and O–H groups in total. The highest BCUT2D eigenvalue weighted by molar-refractivity contribution is 7.89. The standard InChI is InChI=1S/C12H15ClF3N3O3S/c1-11(2,10(20)18-17)19(3)23(21,22)9-5-4-7(6-8(9)13)12(14,15)16/h4-6H,17H2,1-3H3,(H,18,20). The lowest BCUT2D eigenvalue weighted by Crippen LogP contribution is -2.56. The Bertz CT molecular complexity index is 720. The molecule has 0 aromatic heterocycles. The van der Waals surface area contributed by atoms with E-state index >= 15 is 0 Å². The Labute approximate surface area is 136 Å². The van der Waals surface area contributed by atoms with Crippen molar-refractivity contribution in [1.82, 2.24) is 9.73 Å². The van der Waals surface area contributed by atoms with E-state index in [9.17, 15) is 26.4 Å². The molecule has 130 valence electrons. The predicted molar refractivity (Wildman–Crippen MR) is 77.8 cm³/mol. The first-order valence-corrected chi connectivity index (χ1v) is 7.95. The molecule has 1 aromatic carbocycles. The summed E-state index contributed by atoms with van der Waals surface area (Å²) >= 11 is 5.70. The Morgan fingerprint density at radius 3 is 2.22 bits per heavy atom. The van der Waals surface area contributed by atoms with Crippen LogP contribution < -0.4 is 11.3 Å². The summed E-state index contributed by atoms with van der Waals surface area (Å²) in [6, 6.07) is 1.86. The van der Waals surface area contributed by atoms with Crippen LogP contribution >= 0.6 is 11.6 Å². The second-order valence-electron chi connectivity index (χ2n) is 5.15. The maximum absolute atomic E-state index is 12.6. The fourth-order valence-electron chi connectivity index (χ4n) is 1.65. The molecule has 0 radical (unpaired) electrons. The molecule has 0 saturated heterocycles. The maximum Gasteiger partial charge on any atom is 0.416 e. The lowest BCUT2D eigenvalue weighted by Gasteiger charge is -2.32. The molecule has 0 unspecified atom stereocenters. The molecule has 11 heteroatoms. The largest absolute Gasteiger partial charge is 0.416 e. The first-order chi connectivity index (χ1) is 10.3. The number of hydrogen-bond acceptors (Lipinski definition) is 4. The van der Waals surface area contributed by atoms with Crippen LogP contribution in [0, 0.1) is 0 Å². The number of halogens is 4. The number of benzene rings is 1. The van der Waals surface area contributed by atoms with Crippen molar-refractivity contribution in [3.63, 3.8) is 0 Å². The van der Waals surface area contributed by atoms with Crippen molar-refractivity contribution in [2.75, 3.05) is 7.05 Å². The SMILES string of the molecule is CN(C(C)(C)C(=O)NN)S(=O)(=O)c1ccc(C(F)(F)F)cc1Cl. The molecule has 6 nitrogen and oxygen atoms in total. The normalized spacial score (nSPS) is 13.3. The summed E-state index contributed by atoms with van der Waals surface area (Å²) < 4.78 is 63.5. The Morgan fingerprint density at radius 1 is 1.30 bits per heavy atom. The predicted octanol–water partition coefficient (Wildman–Crippen LogP) is 1.75. The summed E-state index contributed by atoms with van der Waals surface area (Å²) in [5.74, 6) is 4.20. The summed E-state index contributed by atoms with van der Waals surface area (Å²) in [5.41, 5.74) is -0.838.